The zero-order chi connectivity index (χ0) is 18.6. The van der Waals surface area contributed by atoms with Gasteiger partial charge in [0.1, 0.15) is 0 Å². The topological polar surface area (TPSA) is 82.6 Å². The predicted octanol–water partition coefficient (Wildman–Crippen LogP) is 1.41. The molecule has 1 N–H and O–H groups in total. The van der Waals surface area contributed by atoms with Crippen LogP contribution in [0.15, 0.2) is 48.8 Å². The lowest BCUT2D eigenvalue weighted by molar-refractivity contribution is 0.0628. The van der Waals surface area contributed by atoms with Crippen LogP contribution in [0.25, 0.3) is 0 Å². The second kappa shape index (κ2) is 7.84. The normalized spacial score (nSPS) is 15.7. The van der Waals surface area contributed by atoms with Crippen LogP contribution >= 0.6 is 0 Å². The fraction of sp³-hybridized carbons (Fsp3) is 0.333. The number of nitrogens with one attached hydrogen (secondary N) is 1. The highest BCUT2D eigenvalue weighted by atomic mass is 32.2. The molecule has 1 aromatic heterocycles. The van der Waals surface area contributed by atoms with Crippen LogP contribution in [0, 0.1) is 0 Å². The monoisotopic (exact) mass is 374 g/mol. The molecule has 1 aliphatic heterocycles. The van der Waals surface area contributed by atoms with Crippen LogP contribution in [-0.4, -0.2) is 61.5 Å². The zero-order valence-electron chi connectivity index (χ0n) is 14.6. The average Bonchev–Trinajstić information content (AvgIpc) is 2.61. The molecule has 8 heteroatoms. The Morgan fingerprint density at radius 1 is 1.15 bits per heavy atom. The molecule has 0 atom stereocenters. The molecule has 3 rings (SSSR count). The van der Waals surface area contributed by atoms with Gasteiger partial charge in [0, 0.05) is 56.4 Å². The number of sulfonamides is 1. The number of anilines is 1. The number of benzene rings is 1. The van der Waals surface area contributed by atoms with Crippen LogP contribution in [0.5, 0.6) is 0 Å². The minimum atomic E-state index is -3.37. The molecule has 0 bridgehead atoms. The summed E-state index contributed by atoms with van der Waals surface area (Å²) in [5.74, 6) is -0.0804. The van der Waals surface area contributed by atoms with E-state index in [0.717, 1.165) is 31.5 Å². The van der Waals surface area contributed by atoms with E-state index in [2.05, 4.69) is 14.6 Å². The molecule has 26 heavy (non-hydrogen) atoms. The summed E-state index contributed by atoms with van der Waals surface area (Å²) in [6, 6.07) is 10.6. The molecule has 0 saturated carbocycles. The van der Waals surface area contributed by atoms with Gasteiger partial charge in [-0.25, -0.2) is 8.42 Å². The van der Waals surface area contributed by atoms with Gasteiger partial charge in [0.05, 0.1) is 6.26 Å². The molecule has 1 aliphatic rings. The summed E-state index contributed by atoms with van der Waals surface area (Å²) in [7, 11) is -3.37. The number of hydrogen-bond acceptors (Lipinski definition) is 5. The Hall–Kier alpha value is -2.45. The smallest absolute Gasteiger partial charge is 0.254 e. The molecule has 2 aromatic rings. The van der Waals surface area contributed by atoms with Gasteiger partial charge < -0.3 is 4.90 Å². The van der Waals surface area contributed by atoms with Gasteiger partial charge in [-0.1, -0.05) is 12.1 Å². The van der Waals surface area contributed by atoms with Crippen molar-refractivity contribution in [1.82, 2.24) is 14.8 Å². The summed E-state index contributed by atoms with van der Waals surface area (Å²) in [4.78, 5) is 20.9. The maximum Gasteiger partial charge on any atom is 0.254 e. The van der Waals surface area contributed by atoms with E-state index < -0.39 is 10.0 Å². The number of hydrogen-bond donors (Lipinski definition) is 1. The maximum absolute atomic E-state index is 12.7. The summed E-state index contributed by atoms with van der Waals surface area (Å²) < 4.78 is 25.1. The van der Waals surface area contributed by atoms with Gasteiger partial charge in [-0.2, -0.15) is 0 Å². The second-order valence-electron chi connectivity index (χ2n) is 6.38. The first-order valence-electron chi connectivity index (χ1n) is 8.39. The lowest BCUT2D eigenvalue weighted by atomic mass is 10.1. The minimum Gasteiger partial charge on any atom is -0.336 e. The molecule has 7 nitrogen and oxygen atoms in total. The van der Waals surface area contributed by atoms with E-state index in [-0.39, 0.29) is 5.91 Å². The van der Waals surface area contributed by atoms with Gasteiger partial charge in [0.2, 0.25) is 10.0 Å². The van der Waals surface area contributed by atoms with Crippen molar-refractivity contribution in [2.24, 2.45) is 0 Å². The molecule has 1 fully saturated rings. The molecule has 2 heterocycles. The van der Waals surface area contributed by atoms with Gasteiger partial charge >= 0.3 is 0 Å². The van der Waals surface area contributed by atoms with Gasteiger partial charge in [0.25, 0.3) is 5.91 Å². The fourth-order valence-electron chi connectivity index (χ4n) is 2.97. The number of amides is 1. The second-order valence-corrected chi connectivity index (χ2v) is 8.13. The number of carbonyl (C=O) groups is 1. The summed E-state index contributed by atoms with van der Waals surface area (Å²) in [6.07, 6.45) is 4.70. The SMILES string of the molecule is CS(=O)(=O)Nc1cccc(C(=O)N2CCN(Cc3cccnc3)CC2)c1. The molecule has 0 aliphatic carbocycles. The average molecular weight is 374 g/mol. The Balaban J connectivity index is 1.59. The lowest BCUT2D eigenvalue weighted by Crippen LogP contribution is -2.48. The number of aromatic nitrogens is 1. The van der Waals surface area contributed by atoms with Gasteiger partial charge in [-0.15, -0.1) is 0 Å². The van der Waals surface area contributed by atoms with Crippen molar-refractivity contribution in [2.45, 2.75) is 6.54 Å². The molecule has 1 aromatic carbocycles. The van der Waals surface area contributed by atoms with E-state index >= 15 is 0 Å². The van der Waals surface area contributed by atoms with Crippen molar-refractivity contribution in [2.75, 3.05) is 37.2 Å². The van der Waals surface area contributed by atoms with Crippen molar-refractivity contribution in [3.05, 3.63) is 59.9 Å². The molecular formula is C18H22N4O3S. The van der Waals surface area contributed by atoms with Gasteiger partial charge in [0.15, 0.2) is 0 Å². The molecule has 138 valence electrons. The molecular weight excluding hydrogens is 352 g/mol. The van der Waals surface area contributed by atoms with Crippen LogP contribution < -0.4 is 4.72 Å². The van der Waals surface area contributed by atoms with E-state index in [9.17, 15) is 13.2 Å². The maximum atomic E-state index is 12.7. The molecule has 0 spiro atoms. The molecule has 1 saturated heterocycles. The van der Waals surface area contributed by atoms with Gasteiger partial charge in [-0.05, 0) is 29.8 Å². The quantitative estimate of drug-likeness (QED) is 0.856. The Bertz CT molecular complexity index is 863. The number of rotatable bonds is 5. The summed E-state index contributed by atoms with van der Waals surface area (Å²) in [5, 5.41) is 0. The van der Waals surface area contributed by atoms with E-state index in [1.54, 1.807) is 35.4 Å². The van der Waals surface area contributed by atoms with Crippen LogP contribution in [0.3, 0.4) is 0 Å². The standard InChI is InChI=1S/C18H22N4O3S/c1-26(24,25)20-17-6-2-5-16(12-17)18(23)22-10-8-21(9-11-22)14-15-4-3-7-19-13-15/h2-7,12-13,20H,8-11,14H2,1H3. The number of pyridine rings is 1. The Morgan fingerprint density at radius 2 is 1.92 bits per heavy atom. The Labute approximate surface area is 153 Å². The fourth-order valence-corrected chi connectivity index (χ4v) is 3.53. The van der Waals surface area contributed by atoms with Gasteiger partial charge in [-0.3, -0.25) is 19.4 Å². The third-order valence-corrected chi connectivity index (χ3v) is 4.81. The number of nitrogens with zero attached hydrogens (tertiary/aromatic N) is 3. The highest BCUT2D eigenvalue weighted by Crippen LogP contribution is 2.16. The van der Waals surface area contributed by atoms with Crippen molar-refractivity contribution in [3.8, 4) is 0 Å². The minimum absolute atomic E-state index is 0.0804. The van der Waals surface area contributed by atoms with Crippen molar-refractivity contribution >= 4 is 21.6 Å². The van der Waals surface area contributed by atoms with Crippen LogP contribution in [0.2, 0.25) is 0 Å². The van der Waals surface area contributed by atoms with Crippen LogP contribution in [-0.2, 0) is 16.6 Å². The van der Waals surface area contributed by atoms with Crippen molar-refractivity contribution in [1.29, 1.82) is 0 Å². The largest absolute Gasteiger partial charge is 0.336 e. The predicted molar refractivity (Wildman–Crippen MR) is 100 cm³/mol. The van der Waals surface area contributed by atoms with Crippen LogP contribution in [0.4, 0.5) is 5.69 Å². The highest BCUT2D eigenvalue weighted by Gasteiger charge is 2.22. The highest BCUT2D eigenvalue weighted by molar-refractivity contribution is 7.92. The van der Waals surface area contributed by atoms with E-state index in [1.807, 2.05) is 18.3 Å². The first kappa shape index (κ1) is 18.3. The number of carbonyl (C=O) groups excluding carboxylic acids is 1. The Kier molecular flexibility index (Phi) is 5.53. The third kappa shape index (κ3) is 5.03. The molecule has 1 amide bonds. The summed E-state index contributed by atoms with van der Waals surface area (Å²) >= 11 is 0. The van der Waals surface area contributed by atoms with Crippen molar-refractivity contribution in [3.63, 3.8) is 0 Å². The van der Waals surface area contributed by atoms with E-state index in [1.165, 1.54) is 0 Å². The lowest BCUT2D eigenvalue weighted by Gasteiger charge is -2.34. The third-order valence-electron chi connectivity index (χ3n) is 4.20. The van der Waals surface area contributed by atoms with E-state index in [0.29, 0.717) is 24.3 Å². The molecule has 0 unspecified atom stereocenters. The summed E-state index contributed by atoms with van der Waals surface area (Å²) in [5.41, 5.74) is 2.04. The van der Waals surface area contributed by atoms with Crippen molar-refractivity contribution < 1.29 is 13.2 Å². The molecule has 0 radical (unpaired) electrons. The summed E-state index contributed by atoms with van der Waals surface area (Å²) in [6.45, 7) is 3.69. The van der Waals surface area contributed by atoms with E-state index in [4.69, 9.17) is 0 Å². The zero-order valence-corrected chi connectivity index (χ0v) is 15.4. The van der Waals surface area contributed by atoms with Crippen LogP contribution in [0.1, 0.15) is 15.9 Å². The first-order chi connectivity index (χ1) is 12.4. The first-order valence-corrected chi connectivity index (χ1v) is 10.3. The Morgan fingerprint density at radius 3 is 2.58 bits per heavy atom. The number of piperazine rings is 1.